The summed E-state index contributed by atoms with van der Waals surface area (Å²) < 4.78 is 2.16. The summed E-state index contributed by atoms with van der Waals surface area (Å²) in [5, 5.41) is 11.6. The molecular weight excluding hydrogens is 226 g/mol. The van der Waals surface area contributed by atoms with Crippen LogP contribution in [0.3, 0.4) is 0 Å². The van der Waals surface area contributed by atoms with Crippen LogP contribution < -0.4 is 5.32 Å². The van der Waals surface area contributed by atoms with Crippen molar-refractivity contribution in [2.45, 2.75) is 52.2 Å². The first-order valence-corrected chi connectivity index (χ1v) is 7.12. The summed E-state index contributed by atoms with van der Waals surface area (Å²) in [5.74, 6) is 1.11. The fourth-order valence-corrected chi connectivity index (χ4v) is 2.54. The minimum atomic E-state index is 0.652. The zero-order chi connectivity index (χ0) is 12.8. The number of aromatic nitrogens is 3. The third-order valence-electron chi connectivity index (χ3n) is 3.63. The Labute approximate surface area is 110 Å². The second kappa shape index (κ2) is 6.85. The molecule has 1 aliphatic heterocycles. The van der Waals surface area contributed by atoms with E-state index in [1.54, 1.807) is 0 Å². The molecule has 102 valence electrons. The van der Waals surface area contributed by atoms with Crippen molar-refractivity contribution in [1.82, 2.24) is 25.0 Å². The second-order valence-electron chi connectivity index (χ2n) is 5.17. The van der Waals surface area contributed by atoms with E-state index in [0.29, 0.717) is 6.04 Å². The highest BCUT2D eigenvalue weighted by atomic mass is 15.3. The minimum absolute atomic E-state index is 0.652. The van der Waals surface area contributed by atoms with E-state index in [4.69, 9.17) is 0 Å². The van der Waals surface area contributed by atoms with E-state index in [9.17, 15) is 0 Å². The second-order valence-corrected chi connectivity index (χ2v) is 5.17. The Morgan fingerprint density at radius 2 is 2.28 bits per heavy atom. The number of hydrogen-bond acceptors (Lipinski definition) is 4. The van der Waals surface area contributed by atoms with Gasteiger partial charge in [-0.15, -0.1) is 10.2 Å². The van der Waals surface area contributed by atoms with Gasteiger partial charge in [-0.1, -0.05) is 13.3 Å². The molecule has 0 amide bonds. The van der Waals surface area contributed by atoms with Crippen LogP contribution in [0, 0.1) is 0 Å². The third kappa shape index (κ3) is 3.78. The molecule has 1 atom stereocenters. The maximum atomic E-state index is 4.15. The predicted molar refractivity (Wildman–Crippen MR) is 72.3 cm³/mol. The molecule has 0 aliphatic carbocycles. The van der Waals surface area contributed by atoms with Crippen LogP contribution in [-0.4, -0.2) is 45.3 Å². The molecule has 0 saturated heterocycles. The van der Waals surface area contributed by atoms with E-state index >= 15 is 0 Å². The zero-order valence-corrected chi connectivity index (χ0v) is 11.6. The van der Waals surface area contributed by atoms with Gasteiger partial charge < -0.3 is 9.88 Å². The molecule has 1 unspecified atom stereocenters. The van der Waals surface area contributed by atoms with Crippen LogP contribution in [0.1, 0.15) is 38.9 Å². The molecule has 1 N–H and O–H groups in total. The van der Waals surface area contributed by atoms with Crippen molar-refractivity contribution >= 4 is 0 Å². The molecule has 0 bridgehead atoms. The highest BCUT2D eigenvalue weighted by Gasteiger charge is 2.16. The Balaban J connectivity index is 1.61. The standard InChI is InChI=1S/C13H25N5/c1-3-14-12(2)6-4-5-7-17-8-9-18-11-15-16-13(18)10-17/h11-12,14H,3-10H2,1-2H3. The normalized spacial score (nSPS) is 17.7. The summed E-state index contributed by atoms with van der Waals surface area (Å²) in [5.41, 5.74) is 0. The van der Waals surface area contributed by atoms with Gasteiger partial charge in [0.05, 0.1) is 6.54 Å². The summed E-state index contributed by atoms with van der Waals surface area (Å²) in [6.45, 7) is 9.83. The van der Waals surface area contributed by atoms with E-state index < -0.39 is 0 Å². The fraction of sp³-hybridized carbons (Fsp3) is 0.846. The van der Waals surface area contributed by atoms with E-state index in [1.165, 1.54) is 25.8 Å². The minimum Gasteiger partial charge on any atom is -0.315 e. The largest absolute Gasteiger partial charge is 0.315 e. The molecule has 1 aromatic heterocycles. The lowest BCUT2D eigenvalue weighted by Crippen LogP contribution is -2.34. The zero-order valence-electron chi connectivity index (χ0n) is 11.6. The fourth-order valence-electron chi connectivity index (χ4n) is 2.54. The first-order chi connectivity index (χ1) is 8.79. The molecule has 0 fully saturated rings. The molecule has 1 aliphatic rings. The first-order valence-electron chi connectivity index (χ1n) is 7.12. The van der Waals surface area contributed by atoms with Gasteiger partial charge >= 0.3 is 0 Å². The number of unbranched alkanes of at least 4 members (excludes halogenated alkanes) is 1. The Morgan fingerprint density at radius 3 is 3.11 bits per heavy atom. The van der Waals surface area contributed by atoms with Gasteiger partial charge in [-0.25, -0.2) is 0 Å². The molecule has 0 saturated carbocycles. The monoisotopic (exact) mass is 251 g/mol. The smallest absolute Gasteiger partial charge is 0.147 e. The molecule has 0 spiro atoms. The van der Waals surface area contributed by atoms with Crippen LogP contribution >= 0.6 is 0 Å². The topological polar surface area (TPSA) is 46.0 Å². The molecule has 2 rings (SSSR count). The van der Waals surface area contributed by atoms with Crippen molar-refractivity contribution in [1.29, 1.82) is 0 Å². The summed E-state index contributed by atoms with van der Waals surface area (Å²) in [7, 11) is 0. The van der Waals surface area contributed by atoms with Gasteiger partial charge in [0, 0.05) is 19.1 Å². The van der Waals surface area contributed by atoms with Crippen LogP contribution in [0.4, 0.5) is 0 Å². The highest BCUT2D eigenvalue weighted by molar-refractivity contribution is 4.89. The first kappa shape index (κ1) is 13.5. The summed E-state index contributed by atoms with van der Waals surface area (Å²) >= 11 is 0. The van der Waals surface area contributed by atoms with Crippen LogP contribution in [0.15, 0.2) is 6.33 Å². The molecule has 5 nitrogen and oxygen atoms in total. The van der Waals surface area contributed by atoms with Gasteiger partial charge in [0.2, 0.25) is 0 Å². The van der Waals surface area contributed by atoms with Crippen molar-refractivity contribution < 1.29 is 0 Å². The Kier molecular flexibility index (Phi) is 5.13. The summed E-state index contributed by atoms with van der Waals surface area (Å²) in [6.07, 6.45) is 5.70. The van der Waals surface area contributed by atoms with Crippen molar-refractivity contribution in [2.24, 2.45) is 0 Å². The number of nitrogens with zero attached hydrogens (tertiary/aromatic N) is 4. The summed E-state index contributed by atoms with van der Waals surface area (Å²) in [6, 6.07) is 0.652. The van der Waals surface area contributed by atoms with E-state index in [0.717, 1.165) is 32.0 Å². The van der Waals surface area contributed by atoms with Gasteiger partial charge in [0.1, 0.15) is 12.2 Å². The third-order valence-corrected chi connectivity index (χ3v) is 3.63. The molecule has 1 aromatic rings. The Morgan fingerprint density at radius 1 is 1.39 bits per heavy atom. The lowest BCUT2D eigenvalue weighted by atomic mass is 10.1. The SMILES string of the molecule is CCNC(C)CCCCN1CCn2cnnc2C1. The van der Waals surface area contributed by atoms with Crippen LogP contribution in [-0.2, 0) is 13.1 Å². The molecule has 5 heteroatoms. The van der Waals surface area contributed by atoms with Gasteiger partial charge in [0.25, 0.3) is 0 Å². The average Bonchev–Trinajstić information content (AvgIpc) is 2.82. The molecule has 2 heterocycles. The molecule has 0 aromatic carbocycles. The van der Waals surface area contributed by atoms with Crippen LogP contribution in [0.2, 0.25) is 0 Å². The number of nitrogens with one attached hydrogen (secondary N) is 1. The van der Waals surface area contributed by atoms with E-state index in [-0.39, 0.29) is 0 Å². The van der Waals surface area contributed by atoms with Gasteiger partial charge in [-0.3, -0.25) is 4.90 Å². The lowest BCUT2D eigenvalue weighted by molar-refractivity contribution is 0.212. The van der Waals surface area contributed by atoms with E-state index in [2.05, 4.69) is 38.8 Å². The number of rotatable bonds is 7. The average molecular weight is 251 g/mol. The van der Waals surface area contributed by atoms with Crippen molar-refractivity contribution in [3.05, 3.63) is 12.2 Å². The lowest BCUT2D eigenvalue weighted by Gasteiger charge is -2.26. The molecule has 0 radical (unpaired) electrons. The van der Waals surface area contributed by atoms with Gasteiger partial charge in [-0.2, -0.15) is 0 Å². The van der Waals surface area contributed by atoms with Crippen molar-refractivity contribution in [2.75, 3.05) is 19.6 Å². The van der Waals surface area contributed by atoms with Crippen LogP contribution in [0.25, 0.3) is 0 Å². The van der Waals surface area contributed by atoms with Crippen LogP contribution in [0.5, 0.6) is 0 Å². The van der Waals surface area contributed by atoms with E-state index in [1.807, 2.05) is 6.33 Å². The van der Waals surface area contributed by atoms with Gasteiger partial charge in [0.15, 0.2) is 0 Å². The molecule has 18 heavy (non-hydrogen) atoms. The predicted octanol–water partition coefficient (Wildman–Crippen LogP) is 1.26. The van der Waals surface area contributed by atoms with Crippen molar-refractivity contribution in [3.8, 4) is 0 Å². The number of hydrogen-bond donors (Lipinski definition) is 1. The van der Waals surface area contributed by atoms with Crippen molar-refractivity contribution in [3.63, 3.8) is 0 Å². The Bertz CT molecular complexity index is 349. The van der Waals surface area contributed by atoms with Gasteiger partial charge in [-0.05, 0) is 32.9 Å². The molecular formula is C13H25N5. The maximum Gasteiger partial charge on any atom is 0.147 e. The Hall–Kier alpha value is -0.940. The summed E-state index contributed by atoms with van der Waals surface area (Å²) in [4.78, 5) is 2.49. The quantitative estimate of drug-likeness (QED) is 0.741. The maximum absolute atomic E-state index is 4.15. The highest BCUT2D eigenvalue weighted by Crippen LogP contribution is 2.10. The number of fused-ring (bicyclic) bond motifs is 1.